The van der Waals surface area contributed by atoms with E-state index in [9.17, 15) is 13.2 Å². The number of piperidine rings is 1. The van der Waals surface area contributed by atoms with E-state index in [1.807, 2.05) is 6.07 Å². The summed E-state index contributed by atoms with van der Waals surface area (Å²) < 4.78 is 27.3. The van der Waals surface area contributed by atoms with Gasteiger partial charge in [0, 0.05) is 24.6 Å². The molecular formula is C19H19N3O3S. The minimum Gasteiger partial charge on any atom is -0.300 e. The summed E-state index contributed by atoms with van der Waals surface area (Å²) in [6.45, 7) is 2.11. The summed E-state index contributed by atoms with van der Waals surface area (Å²) in [6, 6.07) is 13.7. The molecule has 1 saturated heterocycles. The first-order valence-electron chi connectivity index (χ1n) is 8.40. The molecule has 134 valence electrons. The highest BCUT2D eigenvalue weighted by molar-refractivity contribution is 7.89. The Labute approximate surface area is 153 Å². The van der Waals surface area contributed by atoms with Crippen LogP contribution in [0.15, 0.2) is 47.5 Å². The van der Waals surface area contributed by atoms with Crippen LogP contribution < -0.4 is 0 Å². The number of nitriles is 1. The number of sulfonamides is 1. The van der Waals surface area contributed by atoms with Crippen LogP contribution in [0.4, 0.5) is 0 Å². The van der Waals surface area contributed by atoms with Crippen LogP contribution in [0.3, 0.4) is 0 Å². The number of pyridine rings is 1. The molecule has 1 aliphatic rings. The Morgan fingerprint density at radius 2 is 1.96 bits per heavy atom. The van der Waals surface area contributed by atoms with E-state index >= 15 is 0 Å². The molecule has 1 aliphatic heterocycles. The maximum Gasteiger partial charge on any atom is 0.260 e. The molecule has 1 aromatic carbocycles. The Morgan fingerprint density at radius 3 is 2.62 bits per heavy atom. The van der Waals surface area contributed by atoms with Gasteiger partial charge in [-0.1, -0.05) is 18.2 Å². The van der Waals surface area contributed by atoms with Crippen molar-refractivity contribution in [1.29, 1.82) is 5.26 Å². The van der Waals surface area contributed by atoms with Crippen molar-refractivity contribution in [2.24, 2.45) is 5.92 Å². The fourth-order valence-electron chi connectivity index (χ4n) is 3.06. The van der Waals surface area contributed by atoms with E-state index in [0.29, 0.717) is 24.2 Å². The number of ketones is 1. The summed E-state index contributed by atoms with van der Waals surface area (Å²) in [4.78, 5) is 16.0. The molecule has 1 aromatic heterocycles. The van der Waals surface area contributed by atoms with Crippen LogP contribution in [-0.4, -0.2) is 36.6 Å². The van der Waals surface area contributed by atoms with Crippen molar-refractivity contribution < 1.29 is 13.2 Å². The second-order valence-electron chi connectivity index (χ2n) is 6.36. The second-order valence-corrected chi connectivity index (χ2v) is 8.25. The maximum atomic E-state index is 12.9. The molecule has 0 amide bonds. The van der Waals surface area contributed by atoms with E-state index in [-0.39, 0.29) is 23.3 Å². The first-order chi connectivity index (χ1) is 12.4. The van der Waals surface area contributed by atoms with Gasteiger partial charge < -0.3 is 0 Å². The lowest BCUT2D eigenvalue weighted by Gasteiger charge is -2.30. The average Bonchev–Trinajstić information content (AvgIpc) is 2.68. The van der Waals surface area contributed by atoms with E-state index in [1.54, 1.807) is 36.4 Å². The molecule has 26 heavy (non-hydrogen) atoms. The molecule has 0 N–H and O–H groups in total. The average molecular weight is 369 g/mol. The highest BCUT2D eigenvalue weighted by Gasteiger charge is 2.32. The first-order valence-corrected chi connectivity index (χ1v) is 9.84. The van der Waals surface area contributed by atoms with Crippen molar-refractivity contribution >= 4 is 15.8 Å². The van der Waals surface area contributed by atoms with E-state index in [0.717, 1.165) is 12.0 Å². The molecule has 0 radical (unpaired) electrons. The smallest absolute Gasteiger partial charge is 0.260 e. The Kier molecular flexibility index (Phi) is 5.16. The number of hydrogen-bond acceptors (Lipinski definition) is 5. The number of Topliss-reactive ketones (excluding diaryl/α,β-unsaturated/α-hetero) is 1. The highest BCUT2D eigenvalue weighted by atomic mass is 32.2. The van der Waals surface area contributed by atoms with Gasteiger partial charge >= 0.3 is 0 Å². The van der Waals surface area contributed by atoms with Gasteiger partial charge in [0.25, 0.3) is 10.0 Å². The van der Waals surface area contributed by atoms with Crippen molar-refractivity contribution in [3.63, 3.8) is 0 Å². The van der Waals surface area contributed by atoms with Crippen molar-refractivity contribution in [3.05, 3.63) is 48.0 Å². The van der Waals surface area contributed by atoms with Gasteiger partial charge in [0.1, 0.15) is 5.78 Å². The number of carbonyl (C=O) groups excluding carboxylic acids is 1. The molecule has 7 heteroatoms. The monoisotopic (exact) mass is 369 g/mol. The fourth-order valence-corrected chi connectivity index (χ4v) is 4.53. The molecule has 1 fully saturated rings. The lowest BCUT2D eigenvalue weighted by molar-refractivity contribution is -0.121. The quantitative estimate of drug-likeness (QED) is 0.826. The second kappa shape index (κ2) is 7.36. The number of hydrogen-bond donors (Lipinski definition) is 0. The van der Waals surface area contributed by atoms with Crippen LogP contribution in [-0.2, 0) is 14.8 Å². The topological polar surface area (TPSA) is 91.1 Å². The largest absolute Gasteiger partial charge is 0.300 e. The summed E-state index contributed by atoms with van der Waals surface area (Å²) >= 11 is 0. The van der Waals surface area contributed by atoms with Gasteiger partial charge in [-0.25, -0.2) is 13.4 Å². The summed E-state index contributed by atoms with van der Waals surface area (Å²) in [5.41, 5.74) is 1.79. The van der Waals surface area contributed by atoms with Gasteiger partial charge in [-0.15, -0.1) is 0 Å². The Hall–Kier alpha value is -2.56. The van der Waals surface area contributed by atoms with Gasteiger partial charge in [-0.3, -0.25) is 4.79 Å². The number of nitrogens with zero attached hydrogens (tertiary/aromatic N) is 3. The third kappa shape index (κ3) is 3.66. The molecule has 2 heterocycles. The molecule has 0 aliphatic carbocycles. The number of carbonyl (C=O) groups is 1. The third-order valence-corrected chi connectivity index (χ3v) is 6.36. The summed E-state index contributed by atoms with van der Waals surface area (Å²) in [6.07, 6.45) is 1.39. The van der Waals surface area contributed by atoms with Gasteiger partial charge in [-0.2, -0.15) is 9.57 Å². The molecule has 2 aromatic rings. The Balaban J connectivity index is 1.91. The van der Waals surface area contributed by atoms with Gasteiger partial charge in [0.15, 0.2) is 5.03 Å². The Bertz CT molecular complexity index is 962. The molecule has 0 saturated carbocycles. The number of rotatable bonds is 4. The minimum atomic E-state index is -3.75. The SMILES string of the molecule is CC(=O)C1CCCN(S(=O)(=O)c2cccc(-c3ccc(C#N)cc3)n2)C1. The summed E-state index contributed by atoms with van der Waals surface area (Å²) in [7, 11) is -3.75. The predicted octanol–water partition coefficient (Wildman–Crippen LogP) is 2.61. The molecule has 6 nitrogen and oxygen atoms in total. The van der Waals surface area contributed by atoms with Crippen LogP contribution in [0.1, 0.15) is 25.3 Å². The van der Waals surface area contributed by atoms with E-state index in [2.05, 4.69) is 4.98 Å². The first kappa shape index (κ1) is 18.2. The predicted molar refractivity (Wildman–Crippen MR) is 96.6 cm³/mol. The van der Waals surface area contributed by atoms with Crippen LogP contribution in [0, 0.1) is 17.2 Å². The zero-order valence-corrected chi connectivity index (χ0v) is 15.2. The zero-order chi connectivity index (χ0) is 18.7. The van der Waals surface area contributed by atoms with Crippen molar-refractivity contribution in [2.75, 3.05) is 13.1 Å². The fraction of sp³-hybridized carbons (Fsp3) is 0.316. The van der Waals surface area contributed by atoms with Gasteiger partial charge in [0.05, 0.1) is 17.3 Å². The third-order valence-electron chi connectivity index (χ3n) is 4.60. The zero-order valence-electron chi connectivity index (χ0n) is 14.4. The maximum absolute atomic E-state index is 12.9. The molecule has 1 atom stereocenters. The number of aromatic nitrogens is 1. The van der Waals surface area contributed by atoms with Gasteiger partial charge in [0.2, 0.25) is 0 Å². The van der Waals surface area contributed by atoms with Gasteiger partial charge in [-0.05, 0) is 44.0 Å². The lowest BCUT2D eigenvalue weighted by atomic mass is 9.96. The molecule has 1 unspecified atom stereocenters. The lowest BCUT2D eigenvalue weighted by Crippen LogP contribution is -2.42. The molecule has 3 rings (SSSR count). The van der Waals surface area contributed by atoms with Crippen molar-refractivity contribution in [1.82, 2.24) is 9.29 Å². The van der Waals surface area contributed by atoms with Crippen LogP contribution in [0.25, 0.3) is 11.3 Å². The molecule has 0 bridgehead atoms. The van der Waals surface area contributed by atoms with E-state index in [4.69, 9.17) is 5.26 Å². The molecule has 0 spiro atoms. The molecular weight excluding hydrogens is 350 g/mol. The van der Waals surface area contributed by atoms with E-state index in [1.165, 1.54) is 17.3 Å². The minimum absolute atomic E-state index is 0.0178. The highest BCUT2D eigenvalue weighted by Crippen LogP contribution is 2.25. The summed E-state index contributed by atoms with van der Waals surface area (Å²) in [5, 5.41) is 8.86. The summed E-state index contributed by atoms with van der Waals surface area (Å²) in [5.74, 6) is -0.232. The van der Waals surface area contributed by atoms with Crippen LogP contribution >= 0.6 is 0 Å². The van der Waals surface area contributed by atoms with Crippen molar-refractivity contribution in [3.8, 4) is 17.3 Å². The van der Waals surface area contributed by atoms with Crippen LogP contribution in [0.5, 0.6) is 0 Å². The Morgan fingerprint density at radius 1 is 1.23 bits per heavy atom. The number of benzene rings is 1. The standard InChI is InChI=1S/C19H19N3O3S/c1-14(23)17-4-3-11-22(13-17)26(24,25)19-6-2-5-18(21-19)16-9-7-15(12-20)8-10-16/h2,5-10,17H,3-4,11,13H2,1H3. The van der Waals surface area contributed by atoms with Crippen LogP contribution in [0.2, 0.25) is 0 Å². The van der Waals surface area contributed by atoms with E-state index < -0.39 is 10.0 Å². The normalized spacial score (nSPS) is 18.2. The van der Waals surface area contributed by atoms with Crippen molar-refractivity contribution in [2.45, 2.75) is 24.8 Å².